The third kappa shape index (κ3) is 2.99. The van der Waals surface area contributed by atoms with Crippen LogP contribution >= 0.6 is 0 Å². The van der Waals surface area contributed by atoms with E-state index in [1.807, 2.05) is 13.0 Å². The number of nitrogens with zero attached hydrogens (tertiary/aromatic N) is 4. The van der Waals surface area contributed by atoms with Crippen molar-refractivity contribution in [3.8, 4) is 11.4 Å². The highest BCUT2D eigenvalue weighted by molar-refractivity contribution is 5.95. The van der Waals surface area contributed by atoms with Gasteiger partial charge in [-0.3, -0.25) is 9.59 Å². The van der Waals surface area contributed by atoms with Gasteiger partial charge in [0, 0.05) is 24.2 Å². The van der Waals surface area contributed by atoms with Gasteiger partial charge in [-0.15, -0.1) is 5.10 Å². The fourth-order valence-electron chi connectivity index (χ4n) is 2.94. The summed E-state index contributed by atoms with van der Waals surface area (Å²) in [5.74, 6) is -0.557. The monoisotopic (exact) mass is 329 g/mol. The van der Waals surface area contributed by atoms with Gasteiger partial charge in [-0.25, -0.2) is 4.68 Å². The number of benzene rings is 1. The summed E-state index contributed by atoms with van der Waals surface area (Å²) in [7, 11) is 0. The number of aromatic nitrogens is 4. The number of hydrogen-bond acceptors (Lipinski definition) is 5. The number of tetrazole rings is 1. The molecule has 8 nitrogen and oxygen atoms in total. The van der Waals surface area contributed by atoms with Crippen molar-refractivity contribution >= 4 is 17.6 Å². The van der Waals surface area contributed by atoms with E-state index in [0.29, 0.717) is 30.9 Å². The van der Waals surface area contributed by atoms with Crippen molar-refractivity contribution in [2.75, 3.05) is 5.32 Å². The van der Waals surface area contributed by atoms with Crippen LogP contribution in [-0.4, -0.2) is 37.2 Å². The molecular formula is C16H19N5O3. The average molecular weight is 329 g/mol. The summed E-state index contributed by atoms with van der Waals surface area (Å²) in [6.45, 7) is 2.58. The molecule has 1 amide bonds. The molecule has 0 aliphatic heterocycles. The normalized spacial score (nSPS) is 15.5. The number of carbonyl (C=O) groups excluding carboxylic acids is 1. The fourth-order valence-corrected chi connectivity index (χ4v) is 2.94. The molecule has 2 N–H and O–H groups in total. The van der Waals surface area contributed by atoms with Crippen LogP contribution in [-0.2, 0) is 16.1 Å². The first-order chi connectivity index (χ1) is 11.5. The SMILES string of the molecule is CCn1nnnc1-c1cccc(NC(=O)CC2(C(=O)O)CCC2)c1. The van der Waals surface area contributed by atoms with Gasteiger partial charge >= 0.3 is 5.97 Å². The molecule has 0 bridgehead atoms. The predicted octanol–water partition coefficient (Wildman–Crippen LogP) is 1.94. The average Bonchev–Trinajstić information content (AvgIpc) is 2.99. The van der Waals surface area contributed by atoms with Gasteiger partial charge in [0.05, 0.1) is 5.41 Å². The molecule has 8 heteroatoms. The number of aryl methyl sites for hydroxylation is 1. The summed E-state index contributed by atoms with van der Waals surface area (Å²) < 4.78 is 1.66. The number of carboxylic acid groups (broad SMARTS) is 1. The Morgan fingerprint density at radius 3 is 2.79 bits per heavy atom. The minimum Gasteiger partial charge on any atom is -0.481 e. The van der Waals surface area contributed by atoms with Crippen LogP contribution in [0.2, 0.25) is 0 Å². The Morgan fingerprint density at radius 1 is 1.38 bits per heavy atom. The van der Waals surface area contributed by atoms with Crippen LogP contribution in [0.4, 0.5) is 5.69 Å². The van der Waals surface area contributed by atoms with E-state index in [2.05, 4.69) is 20.8 Å². The quantitative estimate of drug-likeness (QED) is 0.838. The standard InChI is InChI=1S/C16H19N5O3/c1-2-21-14(18-19-20-21)11-5-3-6-12(9-11)17-13(22)10-16(15(23)24)7-4-8-16/h3,5-6,9H,2,4,7-8,10H2,1H3,(H,17,22)(H,23,24). The van der Waals surface area contributed by atoms with Crippen LogP contribution in [0.3, 0.4) is 0 Å². The topological polar surface area (TPSA) is 110 Å². The first-order valence-corrected chi connectivity index (χ1v) is 7.94. The molecule has 2 aromatic rings. The minimum absolute atomic E-state index is 0.000735. The summed E-state index contributed by atoms with van der Waals surface area (Å²) >= 11 is 0. The zero-order valence-electron chi connectivity index (χ0n) is 13.4. The van der Waals surface area contributed by atoms with Crippen LogP contribution in [0.1, 0.15) is 32.6 Å². The number of carbonyl (C=O) groups is 2. The molecule has 0 radical (unpaired) electrons. The van der Waals surface area contributed by atoms with Crippen molar-refractivity contribution in [3.63, 3.8) is 0 Å². The van der Waals surface area contributed by atoms with Crippen molar-refractivity contribution < 1.29 is 14.7 Å². The summed E-state index contributed by atoms with van der Waals surface area (Å²) in [6.07, 6.45) is 1.97. The molecule has 1 fully saturated rings. The zero-order chi connectivity index (χ0) is 17.2. The van der Waals surface area contributed by atoms with E-state index < -0.39 is 11.4 Å². The van der Waals surface area contributed by atoms with Crippen molar-refractivity contribution in [1.29, 1.82) is 0 Å². The van der Waals surface area contributed by atoms with Gasteiger partial charge in [-0.1, -0.05) is 18.6 Å². The van der Waals surface area contributed by atoms with E-state index in [1.165, 1.54) is 0 Å². The summed E-state index contributed by atoms with van der Waals surface area (Å²) in [6, 6.07) is 7.20. The number of aliphatic carboxylic acids is 1. The molecule has 0 spiro atoms. The van der Waals surface area contributed by atoms with E-state index in [9.17, 15) is 14.7 Å². The van der Waals surface area contributed by atoms with Gasteiger partial charge in [-0.05, 0) is 42.3 Å². The molecule has 0 atom stereocenters. The molecule has 24 heavy (non-hydrogen) atoms. The molecule has 1 heterocycles. The van der Waals surface area contributed by atoms with Crippen molar-refractivity contribution in [2.24, 2.45) is 5.41 Å². The van der Waals surface area contributed by atoms with E-state index in [-0.39, 0.29) is 12.3 Å². The molecule has 3 rings (SSSR count). The van der Waals surface area contributed by atoms with E-state index in [0.717, 1.165) is 12.0 Å². The highest BCUT2D eigenvalue weighted by Crippen LogP contribution is 2.44. The number of carboxylic acids is 1. The lowest BCUT2D eigenvalue weighted by Gasteiger charge is -2.36. The molecule has 1 aromatic carbocycles. The number of rotatable bonds is 6. The van der Waals surface area contributed by atoms with Crippen molar-refractivity contribution in [2.45, 2.75) is 39.2 Å². The Bertz CT molecular complexity index is 767. The number of amides is 1. The van der Waals surface area contributed by atoms with E-state index in [1.54, 1.807) is 22.9 Å². The summed E-state index contributed by atoms with van der Waals surface area (Å²) in [5, 5.41) is 23.6. The first-order valence-electron chi connectivity index (χ1n) is 7.94. The maximum Gasteiger partial charge on any atom is 0.310 e. The third-order valence-electron chi connectivity index (χ3n) is 4.50. The smallest absolute Gasteiger partial charge is 0.310 e. The van der Waals surface area contributed by atoms with Crippen LogP contribution in [0.25, 0.3) is 11.4 Å². The Balaban J connectivity index is 1.73. The molecule has 126 valence electrons. The van der Waals surface area contributed by atoms with Crippen LogP contribution in [0, 0.1) is 5.41 Å². The third-order valence-corrected chi connectivity index (χ3v) is 4.50. The maximum absolute atomic E-state index is 12.2. The Kier molecular flexibility index (Phi) is 4.28. The second-order valence-electron chi connectivity index (χ2n) is 6.06. The van der Waals surface area contributed by atoms with Gasteiger partial charge in [0.15, 0.2) is 5.82 Å². The number of anilines is 1. The zero-order valence-corrected chi connectivity index (χ0v) is 13.4. The van der Waals surface area contributed by atoms with Crippen LogP contribution in [0.15, 0.2) is 24.3 Å². The molecule has 1 aliphatic carbocycles. The lowest BCUT2D eigenvalue weighted by Crippen LogP contribution is -2.41. The largest absolute Gasteiger partial charge is 0.481 e. The number of hydrogen-bond donors (Lipinski definition) is 2. The van der Waals surface area contributed by atoms with Crippen LogP contribution in [0.5, 0.6) is 0 Å². The van der Waals surface area contributed by atoms with Crippen LogP contribution < -0.4 is 5.32 Å². The van der Waals surface area contributed by atoms with E-state index >= 15 is 0 Å². The number of nitrogens with one attached hydrogen (secondary N) is 1. The highest BCUT2D eigenvalue weighted by Gasteiger charge is 2.45. The highest BCUT2D eigenvalue weighted by atomic mass is 16.4. The molecule has 1 aromatic heterocycles. The Morgan fingerprint density at radius 2 is 2.17 bits per heavy atom. The second kappa shape index (κ2) is 6.38. The van der Waals surface area contributed by atoms with Gasteiger partial charge in [0.2, 0.25) is 5.91 Å². The fraction of sp³-hybridized carbons (Fsp3) is 0.438. The Hall–Kier alpha value is -2.77. The van der Waals surface area contributed by atoms with Gasteiger partial charge in [0.25, 0.3) is 0 Å². The van der Waals surface area contributed by atoms with Crippen molar-refractivity contribution in [1.82, 2.24) is 20.2 Å². The van der Waals surface area contributed by atoms with E-state index in [4.69, 9.17) is 0 Å². The predicted molar refractivity (Wildman–Crippen MR) is 86.1 cm³/mol. The molecule has 0 unspecified atom stereocenters. The molecule has 1 saturated carbocycles. The molecule has 1 aliphatic rings. The molecule has 0 saturated heterocycles. The van der Waals surface area contributed by atoms with Gasteiger partial charge in [0.1, 0.15) is 0 Å². The maximum atomic E-state index is 12.2. The molecular weight excluding hydrogens is 310 g/mol. The van der Waals surface area contributed by atoms with Gasteiger partial charge in [-0.2, -0.15) is 0 Å². The summed E-state index contributed by atoms with van der Waals surface area (Å²) in [5.41, 5.74) is 0.493. The minimum atomic E-state index is -0.895. The summed E-state index contributed by atoms with van der Waals surface area (Å²) in [4.78, 5) is 23.6. The lowest BCUT2D eigenvalue weighted by atomic mass is 9.66. The van der Waals surface area contributed by atoms with Crippen molar-refractivity contribution in [3.05, 3.63) is 24.3 Å². The van der Waals surface area contributed by atoms with Gasteiger partial charge < -0.3 is 10.4 Å². The lowest BCUT2D eigenvalue weighted by molar-refractivity contribution is -0.157. The second-order valence-corrected chi connectivity index (χ2v) is 6.06. The Labute approximate surface area is 138 Å². The first kappa shape index (κ1) is 16.1.